The molecule has 0 saturated heterocycles. The molecule has 1 aromatic heterocycles. The highest BCUT2D eigenvalue weighted by molar-refractivity contribution is 7.89. The molecular weight excluding hydrogens is 412 g/mol. The third-order valence-corrected chi connectivity index (χ3v) is 7.10. The van der Waals surface area contributed by atoms with Gasteiger partial charge in [0.2, 0.25) is 10.0 Å². The van der Waals surface area contributed by atoms with Gasteiger partial charge < -0.3 is 9.47 Å². The van der Waals surface area contributed by atoms with Gasteiger partial charge in [-0.25, -0.2) is 13.1 Å². The van der Waals surface area contributed by atoms with Crippen molar-refractivity contribution in [1.82, 2.24) is 9.29 Å². The summed E-state index contributed by atoms with van der Waals surface area (Å²) in [5.74, 6) is 1.16. The molecule has 0 unspecified atom stereocenters. The van der Waals surface area contributed by atoms with E-state index < -0.39 is 16.1 Å². The number of sulfonamides is 1. The Morgan fingerprint density at radius 3 is 2.38 bits per heavy atom. The fourth-order valence-electron chi connectivity index (χ4n) is 3.22. The Balaban J connectivity index is 1.96. The molecule has 3 aromatic rings. The average Bonchev–Trinajstić information content (AvgIpc) is 3.02. The fourth-order valence-corrected chi connectivity index (χ4v) is 5.59. The predicted octanol–water partition coefficient (Wildman–Crippen LogP) is 3.70. The molecule has 9 heteroatoms. The molecule has 1 heterocycles. The maximum absolute atomic E-state index is 13.0. The minimum absolute atomic E-state index is 0.00243. The first-order valence-corrected chi connectivity index (χ1v) is 11.4. The van der Waals surface area contributed by atoms with Crippen molar-refractivity contribution in [2.45, 2.75) is 37.8 Å². The molecule has 156 valence electrons. The minimum atomic E-state index is -3.82. The van der Waals surface area contributed by atoms with Crippen molar-refractivity contribution in [3.8, 4) is 11.5 Å². The standard InChI is InChI=1S/C20H24N2O5S2/c1-12(2)22-17-8-7-15(11-19(17)28-20(22)23)29(24,25)21-13(3)16-10-14(26-4)6-9-18(16)27-5/h6-13,21H,1-5H3/t13-/m0/s1. The van der Waals surface area contributed by atoms with Crippen LogP contribution >= 0.6 is 11.3 Å². The van der Waals surface area contributed by atoms with E-state index in [1.54, 1.807) is 42.9 Å². The van der Waals surface area contributed by atoms with Gasteiger partial charge in [-0.05, 0) is 57.2 Å². The number of aromatic nitrogens is 1. The van der Waals surface area contributed by atoms with Crippen molar-refractivity contribution < 1.29 is 17.9 Å². The van der Waals surface area contributed by atoms with Crippen LogP contribution in [-0.2, 0) is 10.0 Å². The fraction of sp³-hybridized carbons (Fsp3) is 0.350. The van der Waals surface area contributed by atoms with Crippen LogP contribution in [0.25, 0.3) is 10.2 Å². The zero-order chi connectivity index (χ0) is 21.3. The van der Waals surface area contributed by atoms with E-state index in [9.17, 15) is 13.2 Å². The zero-order valence-corrected chi connectivity index (χ0v) is 18.6. The summed E-state index contributed by atoms with van der Waals surface area (Å²) in [6.45, 7) is 5.58. The molecular formula is C20H24N2O5S2. The van der Waals surface area contributed by atoms with Crippen LogP contribution in [0.1, 0.15) is 38.4 Å². The van der Waals surface area contributed by atoms with Gasteiger partial charge in [0.25, 0.3) is 0 Å². The highest BCUT2D eigenvalue weighted by Crippen LogP contribution is 2.31. The van der Waals surface area contributed by atoms with Crippen LogP contribution in [0.2, 0.25) is 0 Å². The molecule has 2 aromatic carbocycles. The van der Waals surface area contributed by atoms with Crippen molar-refractivity contribution in [1.29, 1.82) is 0 Å². The number of benzene rings is 2. The summed E-state index contributed by atoms with van der Waals surface area (Å²) in [5.41, 5.74) is 1.39. The second kappa shape index (κ2) is 8.17. The summed E-state index contributed by atoms with van der Waals surface area (Å²) in [7, 11) is -0.743. The lowest BCUT2D eigenvalue weighted by Gasteiger charge is -2.18. The smallest absolute Gasteiger partial charge is 0.308 e. The van der Waals surface area contributed by atoms with E-state index in [2.05, 4.69) is 4.72 Å². The molecule has 0 radical (unpaired) electrons. The van der Waals surface area contributed by atoms with Gasteiger partial charge in [-0.1, -0.05) is 11.3 Å². The number of fused-ring (bicyclic) bond motifs is 1. The van der Waals surface area contributed by atoms with E-state index in [0.717, 1.165) is 16.9 Å². The molecule has 0 aliphatic carbocycles. The van der Waals surface area contributed by atoms with Crippen molar-refractivity contribution in [3.63, 3.8) is 0 Å². The van der Waals surface area contributed by atoms with Crippen molar-refractivity contribution in [3.05, 3.63) is 51.6 Å². The van der Waals surface area contributed by atoms with Crippen molar-refractivity contribution in [2.75, 3.05) is 14.2 Å². The van der Waals surface area contributed by atoms with Crippen LogP contribution in [0.15, 0.2) is 46.1 Å². The molecule has 0 spiro atoms. The lowest BCUT2D eigenvalue weighted by molar-refractivity contribution is 0.395. The third kappa shape index (κ3) is 4.17. The molecule has 0 saturated carbocycles. The van der Waals surface area contributed by atoms with Crippen molar-refractivity contribution >= 4 is 31.6 Å². The maximum Gasteiger partial charge on any atom is 0.308 e. The Kier molecular flexibility index (Phi) is 6.02. The minimum Gasteiger partial charge on any atom is -0.497 e. The van der Waals surface area contributed by atoms with Crippen LogP contribution in [0.5, 0.6) is 11.5 Å². The molecule has 0 aliphatic rings. The van der Waals surface area contributed by atoms with E-state index in [0.29, 0.717) is 21.8 Å². The van der Waals surface area contributed by atoms with Gasteiger partial charge in [0.15, 0.2) is 0 Å². The summed E-state index contributed by atoms with van der Waals surface area (Å²) in [6, 6.07) is 9.40. The molecule has 0 aliphatic heterocycles. The normalized spacial score (nSPS) is 13.0. The second-order valence-electron chi connectivity index (χ2n) is 6.91. The van der Waals surface area contributed by atoms with Gasteiger partial charge in [0, 0.05) is 17.6 Å². The molecule has 0 amide bonds. The Bertz CT molecular complexity index is 1200. The van der Waals surface area contributed by atoms with Gasteiger partial charge in [-0.2, -0.15) is 0 Å². The van der Waals surface area contributed by atoms with Gasteiger partial charge in [-0.15, -0.1) is 0 Å². The zero-order valence-electron chi connectivity index (χ0n) is 16.9. The highest BCUT2D eigenvalue weighted by Gasteiger charge is 2.22. The van der Waals surface area contributed by atoms with Gasteiger partial charge in [0.1, 0.15) is 11.5 Å². The van der Waals surface area contributed by atoms with Gasteiger partial charge in [-0.3, -0.25) is 9.36 Å². The van der Waals surface area contributed by atoms with E-state index in [1.807, 2.05) is 13.8 Å². The Morgan fingerprint density at radius 1 is 1.03 bits per heavy atom. The number of rotatable bonds is 7. The number of ether oxygens (including phenoxy) is 2. The first kappa shape index (κ1) is 21.4. The van der Waals surface area contributed by atoms with Crippen LogP contribution in [0.3, 0.4) is 0 Å². The van der Waals surface area contributed by atoms with E-state index in [-0.39, 0.29) is 15.8 Å². The lowest BCUT2D eigenvalue weighted by atomic mass is 10.1. The Labute approximate surface area is 173 Å². The second-order valence-corrected chi connectivity index (χ2v) is 9.62. The summed E-state index contributed by atoms with van der Waals surface area (Å²) >= 11 is 1.04. The van der Waals surface area contributed by atoms with E-state index in [4.69, 9.17) is 9.47 Å². The van der Waals surface area contributed by atoms with Crippen molar-refractivity contribution in [2.24, 2.45) is 0 Å². The number of thiazole rings is 1. The first-order chi connectivity index (χ1) is 13.7. The quantitative estimate of drug-likeness (QED) is 0.610. The SMILES string of the molecule is COc1ccc(OC)c([C@H](C)NS(=O)(=O)c2ccc3c(c2)sc(=O)n3C(C)C)c1. The first-order valence-electron chi connectivity index (χ1n) is 9.07. The Hall–Kier alpha value is -2.36. The van der Waals surface area contributed by atoms with E-state index in [1.165, 1.54) is 19.2 Å². The molecule has 1 atom stereocenters. The molecule has 0 bridgehead atoms. The van der Waals surface area contributed by atoms with Gasteiger partial charge >= 0.3 is 4.87 Å². The lowest BCUT2D eigenvalue weighted by Crippen LogP contribution is -2.27. The van der Waals surface area contributed by atoms with Crippen LogP contribution in [0, 0.1) is 0 Å². The molecule has 29 heavy (non-hydrogen) atoms. The van der Waals surface area contributed by atoms with Gasteiger partial charge in [0.05, 0.1) is 29.3 Å². The summed E-state index contributed by atoms with van der Waals surface area (Å²) in [6.07, 6.45) is 0. The monoisotopic (exact) mass is 436 g/mol. The number of hydrogen-bond acceptors (Lipinski definition) is 6. The summed E-state index contributed by atoms with van der Waals surface area (Å²) in [4.78, 5) is 12.2. The van der Waals surface area contributed by atoms with E-state index >= 15 is 0 Å². The average molecular weight is 437 g/mol. The third-order valence-electron chi connectivity index (χ3n) is 4.65. The van der Waals surface area contributed by atoms with Crippen LogP contribution < -0.4 is 19.1 Å². The molecule has 3 rings (SSSR count). The number of nitrogens with one attached hydrogen (secondary N) is 1. The Morgan fingerprint density at radius 2 is 1.76 bits per heavy atom. The topological polar surface area (TPSA) is 86.6 Å². The van der Waals surface area contributed by atoms with Crippen LogP contribution in [0.4, 0.5) is 0 Å². The number of nitrogens with zero attached hydrogens (tertiary/aromatic N) is 1. The summed E-state index contributed by atoms with van der Waals surface area (Å²) in [5, 5.41) is 0. The van der Waals surface area contributed by atoms with Crippen LogP contribution in [-0.4, -0.2) is 27.2 Å². The molecule has 7 nitrogen and oxygen atoms in total. The number of hydrogen-bond donors (Lipinski definition) is 1. The maximum atomic E-state index is 13.0. The molecule has 1 N–H and O–H groups in total. The number of methoxy groups -OCH3 is 2. The summed E-state index contributed by atoms with van der Waals surface area (Å²) < 4.78 is 41.5. The largest absolute Gasteiger partial charge is 0.497 e. The molecule has 0 fully saturated rings. The highest BCUT2D eigenvalue weighted by atomic mass is 32.2. The predicted molar refractivity (Wildman–Crippen MR) is 115 cm³/mol.